The quantitative estimate of drug-likeness (QED) is 0.812. The molecule has 1 aromatic carbocycles. The molecular weight excluding hydrogens is 296 g/mol. The lowest BCUT2D eigenvalue weighted by atomic mass is 9.99. The molecule has 4 nitrogen and oxygen atoms in total. The minimum Gasteiger partial charge on any atom is -0.316 e. The van der Waals surface area contributed by atoms with E-state index in [-0.39, 0.29) is 15.8 Å². The van der Waals surface area contributed by atoms with Crippen LogP contribution in [-0.4, -0.2) is 22.0 Å². The van der Waals surface area contributed by atoms with Crippen LogP contribution in [0.4, 0.5) is 0 Å². The van der Waals surface area contributed by atoms with Crippen LogP contribution in [-0.2, 0) is 16.6 Å². The smallest absolute Gasteiger partial charge is 0.242 e. The van der Waals surface area contributed by atoms with Gasteiger partial charge in [0.1, 0.15) is 4.90 Å². The maximum absolute atomic E-state index is 12.3. The van der Waals surface area contributed by atoms with E-state index in [1.165, 1.54) is 0 Å². The predicted molar refractivity (Wildman–Crippen MR) is 83.4 cm³/mol. The van der Waals surface area contributed by atoms with Crippen LogP contribution in [0.1, 0.15) is 26.3 Å². The molecule has 2 N–H and O–H groups in total. The molecule has 20 heavy (non-hydrogen) atoms. The number of halogens is 1. The molecule has 114 valence electrons. The molecule has 0 fully saturated rings. The van der Waals surface area contributed by atoms with Crippen LogP contribution >= 0.6 is 11.6 Å². The topological polar surface area (TPSA) is 58.2 Å². The third kappa shape index (κ3) is 4.74. The number of hydrogen-bond donors (Lipinski definition) is 2. The maximum atomic E-state index is 12.3. The lowest BCUT2D eigenvalue weighted by molar-refractivity contribution is 0.414. The Bertz CT molecular complexity index is 544. The Morgan fingerprint density at radius 2 is 1.90 bits per heavy atom. The van der Waals surface area contributed by atoms with E-state index < -0.39 is 10.0 Å². The molecule has 0 heterocycles. The predicted octanol–water partition coefficient (Wildman–Crippen LogP) is 2.63. The van der Waals surface area contributed by atoms with Crippen LogP contribution in [0.5, 0.6) is 0 Å². The average molecular weight is 319 g/mol. The van der Waals surface area contributed by atoms with Gasteiger partial charge in [-0.15, -0.1) is 0 Å². The highest BCUT2D eigenvalue weighted by atomic mass is 35.5. The van der Waals surface area contributed by atoms with Crippen molar-refractivity contribution in [1.82, 2.24) is 10.0 Å². The minimum atomic E-state index is -3.57. The summed E-state index contributed by atoms with van der Waals surface area (Å²) in [4.78, 5) is 0.142. The van der Waals surface area contributed by atoms with E-state index >= 15 is 0 Å². The van der Waals surface area contributed by atoms with Crippen molar-refractivity contribution in [3.63, 3.8) is 0 Å². The van der Waals surface area contributed by atoms with Gasteiger partial charge in [-0.05, 0) is 36.6 Å². The minimum absolute atomic E-state index is 0.142. The molecular formula is C14H23ClN2O2S. The molecule has 0 aliphatic heterocycles. The van der Waals surface area contributed by atoms with Gasteiger partial charge in [-0.3, -0.25) is 0 Å². The molecule has 1 rings (SSSR count). The van der Waals surface area contributed by atoms with Crippen LogP contribution in [0, 0.1) is 11.8 Å². The van der Waals surface area contributed by atoms with Crippen molar-refractivity contribution in [1.29, 1.82) is 0 Å². The zero-order valence-corrected chi connectivity index (χ0v) is 14.0. The summed E-state index contributed by atoms with van der Waals surface area (Å²) < 4.78 is 27.3. The highest BCUT2D eigenvalue weighted by molar-refractivity contribution is 7.89. The van der Waals surface area contributed by atoms with E-state index in [0.29, 0.717) is 19.0 Å². The second-order valence-electron chi connectivity index (χ2n) is 5.37. The van der Waals surface area contributed by atoms with E-state index in [9.17, 15) is 8.42 Å². The molecule has 1 aromatic rings. The van der Waals surface area contributed by atoms with Crippen molar-refractivity contribution in [2.24, 2.45) is 11.8 Å². The van der Waals surface area contributed by atoms with Crippen LogP contribution in [0.3, 0.4) is 0 Å². The van der Waals surface area contributed by atoms with Gasteiger partial charge in [-0.2, -0.15) is 0 Å². The normalized spacial score (nSPS) is 13.7. The summed E-state index contributed by atoms with van der Waals surface area (Å²) in [5.41, 5.74) is 0.884. The van der Waals surface area contributed by atoms with Gasteiger partial charge < -0.3 is 5.32 Å². The Labute approximate surface area is 127 Å². The van der Waals surface area contributed by atoms with Crippen molar-refractivity contribution in [2.45, 2.75) is 32.2 Å². The summed E-state index contributed by atoms with van der Waals surface area (Å²) in [7, 11) is -1.76. The number of benzene rings is 1. The zero-order chi connectivity index (χ0) is 15.3. The van der Waals surface area contributed by atoms with Gasteiger partial charge in [0.25, 0.3) is 0 Å². The monoisotopic (exact) mass is 318 g/mol. The van der Waals surface area contributed by atoms with Gasteiger partial charge in [0, 0.05) is 13.1 Å². The molecule has 0 aliphatic carbocycles. The van der Waals surface area contributed by atoms with Crippen molar-refractivity contribution >= 4 is 21.6 Å². The first-order valence-corrected chi connectivity index (χ1v) is 8.56. The largest absolute Gasteiger partial charge is 0.316 e. The Balaban J connectivity index is 2.94. The highest BCUT2D eigenvalue weighted by Crippen LogP contribution is 2.23. The molecule has 1 atom stereocenters. The van der Waals surface area contributed by atoms with E-state index in [1.54, 1.807) is 12.1 Å². The summed E-state index contributed by atoms with van der Waals surface area (Å²) >= 11 is 6.02. The fourth-order valence-corrected chi connectivity index (χ4v) is 3.31. The van der Waals surface area contributed by atoms with Gasteiger partial charge >= 0.3 is 0 Å². The Morgan fingerprint density at radius 3 is 2.45 bits per heavy atom. The van der Waals surface area contributed by atoms with Crippen LogP contribution in [0.25, 0.3) is 0 Å². The number of nitrogens with one attached hydrogen (secondary N) is 2. The molecule has 0 spiro atoms. The molecule has 0 saturated heterocycles. The number of rotatable bonds is 7. The van der Waals surface area contributed by atoms with Crippen LogP contribution in [0.15, 0.2) is 23.1 Å². The van der Waals surface area contributed by atoms with Gasteiger partial charge in [0.05, 0.1) is 5.02 Å². The lowest BCUT2D eigenvalue weighted by Gasteiger charge is -2.17. The van der Waals surface area contributed by atoms with Crippen LogP contribution in [0.2, 0.25) is 5.02 Å². The van der Waals surface area contributed by atoms with E-state index in [2.05, 4.69) is 23.9 Å². The zero-order valence-electron chi connectivity index (χ0n) is 12.4. The molecule has 0 aliphatic rings. The third-order valence-electron chi connectivity index (χ3n) is 3.40. The summed E-state index contributed by atoms with van der Waals surface area (Å²) in [5.74, 6) is 0.688. The van der Waals surface area contributed by atoms with Crippen molar-refractivity contribution in [2.75, 3.05) is 13.6 Å². The molecule has 0 saturated carbocycles. The number of hydrogen-bond acceptors (Lipinski definition) is 3. The average Bonchev–Trinajstić information content (AvgIpc) is 2.38. The summed E-state index contributed by atoms with van der Waals surface area (Å²) in [6.45, 7) is 7.17. The third-order valence-corrected chi connectivity index (χ3v) is 5.30. The van der Waals surface area contributed by atoms with Gasteiger partial charge in [0.15, 0.2) is 0 Å². The van der Waals surface area contributed by atoms with Gasteiger partial charge in [-0.1, -0.05) is 38.4 Å². The summed E-state index contributed by atoms with van der Waals surface area (Å²) in [6, 6.07) is 5.05. The maximum Gasteiger partial charge on any atom is 0.242 e. The van der Waals surface area contributed by atoms with Crippen molar-refractivity contribution < 1.29 is 8.42 Å². The fourth-order valence-electron chi connectivity index (χ4n) is 1.62. The summed E-state index contributed by atoms with van der Waals surface area (Å²) in [6.07, 6.45) is 0. The molecule has 1 unspecified atom stereocenters. The molecule has 6 heteroatoms. The fraction of sp³-hybridized carbons (Fsp3) is 0.571. The Kier molecular flexibility index (Phi) is 6.45. The first-order valence-electron chi connectivity index (χ1n) is 6.70. The highest BCUT2D eigenvalue weighted by Gasteiger charge is 2.19. The first-order chi connectivity index (χ1) is 9.27. The molecule has 0 bridgehead atoms. The van der Waals surface area contributed by atoms with Crippen molar-refractivity contribution in [3.8, 4) is 0 Å². The van der Waals surface area contributed by atoms with E-state index in [1.807, 2.05) is 20.0 Å². The van der Waals surface area contributed by atoms with Gasteiger partial charge in [0.2, 0.25) is 10.0 Å². The second kappa shape index (κ2) is 7.41. The second-order valence-corrected chi connectivity index (χ2v) is 7.51. The Morgan fingerprint density at radius 1 is 1.25 bits per heavy atom. The molecule has 0 aromatic heterocycles. The van der Waals surface area contributed by atoms with Crippen LogP contribution < -0.4 is 10.0 Å². The van der Waals surface area contributed by atoms with E-state index in [0.717, 1.165) is 5.56 Å². The summed E-state index contributed by atoms with van der Waals surface area (Å²) in [5, 5.41) is 3.23. The van der Waals surface area contributed by atoms with E-state index in [4.69, 9.17) is 11.6 Å². The Hall–Kier alpha value is -0.620. The van der Waals surface area contributed by atoms with Gasteiger partial charge in [-0.25, -0.2) is 13.1 Å². The van der Waals surface area contributed by atoms with Crippen molar-refractivity contribution in [3.05, 3.63) is 28.8 Å². The first kappa shape index (κ1) is 17.4. The number of sulfonamides is 1. The molecule has 0 amide bonds. The standard InChI is InChI=1S/C14H23ClN2O2S/c1-10(2)11(3)8-17-20(18,19)14-7-12(9-16-4)5-6-13(14)15/h5-7,10-11,16-17H,8-9H2,1-4H3. The molecule has 0 radical (unpaired) electrons. The lowest BCUT2D eigenvalue weighted by Crippen LogP contribution is -2.30. The SMILES string of the molecule is CNCc1ccc(Cl)c(S(=O)(=O)NCC(C)C(C)C)c1.